The summed E-state index contributed by atoms with van der Waals surface area (Å²) < 4.78 is 12.8. The predicted octanol–water partition coefficient (Wildman–Crippen LogP) is 3.42. The molecule has 1 heterocycles. The number of Topliss-reactive ketones (excluding diaryl/α,β-unsaturated/α-hetero) is 1. The van der Waals surface area contributed by atoms with Crippen LogP contribution < -0.4 is 5.32 Å². The number of halogens is 1. The Balaban J connectivity index is 2.08. The highest BCUT2D eigenvalue weighted by molar-refractivity contribution is 6.08. The molecule has 2 rings (SSSR count). The molecule has 2 aromatic rings. The molecule has 0 unspecified atom stereocenters. The van der Waals surface area contributed by atoms with Crippen molar-refractivity contribution in [3.05, 3.63) is 71.9 Å². The highest BCUT2D eigenvalue weighted by Crippen LogP contribution is 2.10. The van der Waals surface area contributed by atoms with E-state index in [1.54, 1.807) is 31.6 Å². The van der Waals surface area contributed by atoms with Gasteiger partial charge in [0.2, 0.25) is 0 Å². The monoisotopic (exact) mass is 256 g/mol. The molecule has 1 N–H and O–H groups in total. The Morgan fingerprint density at radius 1 is 1.26 bits per heavy atom. The Kier molecular flexibility index (Phi) is 4.03. The molecule has 0 spiro atoms. The maximum absolute atomic E-state index is 12.8. The summed E-state index contributed by atoms with van der Waals surface area (Å²) >= 11 is 0. The van der Waals surface area contributed by atoms with Crippen LogP contribution >= 0.6 is 0 Å². The number of aromatic nitrogens is 1. The Labute approximate surface area is 110 Å². The number of nitrogens with one attached hydrogen (secondary N) is 1. The predicted molar refractivity (Wildman–Crippen MR) is 72.3 cm³/mol. The lowest BCUT2D eigenvalue weighted by atomic mass is 10.1. The van der Waals surface area contributed by atoms with Crippen molar-refractivity contribution in [2.24, 2.45) is 0 Å². The van der Waals surface area contributed by atoms with Crippen LogP contribution in [-0.4, -0.2) is 10.8 Å². The first-order valence-electron chi connectivity index (χ1n) is 5.80. The molecule has 96 valence electrons. The molecule has 0 aliphatic rings. The van der Waals surface area contributed by atoms with Crippen LogP contribution in [0.3, 0.4) is 0 Å². The van der Waals surface area contributed by atoms with Crippen molar-refractivity contribution in [2.45, 2.75) is 6.92 Å². The number of carbonyl (C=O) groups excluding carboxylic acids is 1. The second-order valence-electron chi connectivity index (χ2n) is 4.05. The number of ketones is 1. The van der Waals surface area contributed by atoms with Crippen LogP contribution in [0.15, 0.2) is 60.6 Å². The molecule has 0 bridgehead atoms. The first kappa shape index (κ1) is 13.0. The van der Waals surface area contributed by atoms with Gasteiger partial charge < -0.3 is 5.32 Å². The van der Waals surface area contributed by atoms with E-state index >= 15 is 0 Å². The van der Waals surface area contributed by atoms with Gasteiger partial charge in [-0.05, 0) is 43.3 Å². The largest absolute Gasteiger partial charge is 0.360 e. The van der Waals surface area contributed by atoms with E-state index in [0.29, 0.717) is 11.1 Å². The number of anilines is 1. The maximum Gasteiger partial charge on any atom is 0.190 e. The summed E-state index contributed by atoms with van der Waals surface area (Å²) in [5.74, 6) is -0.497. The molecule has 0 saturated carbocycles. The van der Waals surface area contributed by atoms with Crippen molar-refractivity contribution in [3.63, 3.8) is 0 Å². The van der Waals surface area contributed by atoms with E-state index in [0.717, 1.165) is 5.69 Å². The van der Waals surface area contributed by atoms with E-state index < -0.39 is 0 Å². The second-order valence-corrected chi connectivity index (χ2v) is 4.05. The minimum Gasteiger partial charge on any atom is -0.360 e. The van der Waals surface area contributed by atoms with E-state index in [9.17, 15) is 9.18 Å². The fraction of sp³-hybridized carbons (Fsp3) is 0.0667. The lowest BCUT2D eigenvalue weighted by Gasteiger charge is -2.03. The van der Waals surface area contributed by atoms with Gasteiger partial charge in [-0.2, -0.15) is 0 Å². The van der Waals surface area contributed by atoms with Crippen molar-refractivity contribution in [3.8, 4) is 0 Å². The zero-order valence-corrected chi connectivity index (χ0v) is 10.4. The van der Waals surface area contributed by atoms with E-state index in [4.69, 9.17) is 0 Å². The van der Waals surface area contributed by atoms with Crippen molar-refractivity contribution in [2.75, 3.05) is 5.32 Å². The van der Waals surface area contributed by atoms with Gasteiger partial charge >= 0.3 is 0 Å². The first-order chi connectivity index (χ1) is 9.16. The first-order valence-corrected chi connectivity index (χ1v) is 5.80. The second kappa shape index (κ2) is 5.91. The number of carbonyl (C=O) groups is 1. The van der Waals surface area contributed by atoms with Gasteiger partial charge in [0, 0.05) is 23.5 Å². The molecular formula is C15H13FN2O. The van der Waals surface area contributed by atoms with Gasteiger partial charge in [-0.3, -0.25) is 9.78 Å². The van der Waals surface area contributed by atoms with Crippen LogP contribution in [0.1, 0.15) is 17.3 Å². The molecule has 1 aromatic heterocycles. The number of allylic oxidation sites excluding steroid dienone is 1. The zero-order chi connectivity index (χ0) is 13.7. The zero-order valence-electron chi connectivity index (χ0n) is 10.4. The molecular weight excluding hydrogens is 243 g/mol. The lowest BCUT2D eigenvalue weighted by Crippen LogP contribution is -2.03. The van der Waals surface area contributed by atoms with Gasteiger partial charge in [-0.1, -0.05) is 0 Å². The molecule has 3 nitrogen and oxygen atoms in total. The summed E-state index contributed by atoms with van der Waals surface area (Å²) in [6.45, 7) is 1.70. The Bertz CT molecular complexity index is 591. The summed E-state index contributed by atoms with van der Waals surface area (Å²) in [5, 5.41) is 2.99. The average molecular weight is 256 g/mol. The average Bonchev–Trinajstić information content (AvgIpc) is 2.46. The van der Waals surface area contributed by atoms with Crippen molar-refractivity contribution in [1.29, 1.82) is 0 Å². The summed E-state index contributed by atoms with van der Waals surface area (Å²) in [4.78, 5) is 16.0. The van der Waals surface area contributed by atoms with Crippen LogP contribution in [0.4, 0.5) is 10.1 Å². The molecule has 1 aromatic carbocycles. The Morgan fingerprint density at radius 3 is 2.63 bits per heavy atom. The van der Waals surface area contributed by atoms with Crippen LogP contribution in [0.2, 0.25) is 0 Å². The van der Waals surface area contributed by atoms with Crippen molar-refractivity contribution in [1.82, 2.24) is 4.98 Å². The van der Waals surface area contributed by atoms with Crippen LogP contribution in [0.25, 0.3) is 0 Å². The molecule has 0 amide bonds. The molecule has 0 atom stereocenters. The van der Waals surface area contributed by atoms with Crippen LogP contribution in [0, 0.1) is 5.82 Å². The molecule has 0 fully saturated rings. The maximum atomic E-state index is 12.8. The van der Waals surface area contributed by atoms with E-state index in [-0.39, 0.29) is 11.6 Å². The fourth-order valence-corrected chi connectivity index (χ4v) is 1.53. The van der Waals surface area contributed by atoms with Gasteiger partial charge in [-0.25, -0.2) is 4.39 Å². The lowest BCUT2D eigenvalue weighted by molar-refractivity contribution is 0.103. The van der Waals surface area contributed by atoms with E-state index in [2.05, 4.69) is 10.3 Å². The molecule has 19 heavy (non-hydrogen) atoms. The highest BCUT2D eigenvalue weighted by atomic mass is 19.1. The van der Waals surface area contributed by atoms with Gasteiger partial charge in [0.25, 0.3) is 0 Å². The van der Waals surface area contributed by atoms with Crippen molar-refractivity contribution >= 4 is 11.5 Å². The Hall–Kier alpha value is -2.49. The number of pyridine rings is 1. The summed E-state index contributed by atoms with van der Waals surface area (Å²) in [6.07, 6.45) is 4.94. The summed E-state index contributed by atoms with van der Waals surface area (Å²) in [5.41, 5.74) is 1.80. The third kappa shape index (κ3) is 3.48. The third-order valence-corrected chi connectivity index (χ3v) is 2.58. The normalized spacial score (nSPS) is 11.2. The van der Waals surface area contributed by atoms with E-state index in [1.165, 1.54) is 24.3 Å². The third-order valence-electron chi connectivity index (χ3n) is 2.58. The van der Waals surface area contributed by atoms with Crippen LogP contribution in [0.5, 0.6) is 0 Å². The number of hydrogen-bond acceptors (Lipinski definition) is 3. The number of rotatable bonds is 4. The molecule has 0 saturated heterocycles. The molecule has 0 aliphatic carbocycles. The topological polar surface area (TPSA) is 42.0 Å². The number of hydrogen-bond donors (Lipinski definition) is 1. The van der Waals surface area contributed by atoms with Gasteiger partial charge in [0.15, 0.2) is 5.78 Å². The highest BCUT2D eigenvalue weighted by Gasteiger charge is 2.07. The fourth-order valence-electron chi connectivity index (χ4n) is 1.53. The smallest absolute Gasteiger partial charge is 0.190 e. The SMILES string of the molecule is C/C(=C\Nc1cccnc1)C(=O)c1ccc(F)cc1. The number of nitrogens with zero attached hydrogens (tertiary/aromatic N) is 1. The van der Waals surface area contributed by atoms with E-state index in [1.807, 2.05) is 6.07 Å². The summed E-state index contributed by atoms with van der Waals surface area (Å²) in [7, 11) is 0. The summed E-state index contributed by atoms with van der Waals surface area (Å²) in [6, 6.07) is 9.13. The number of benzene rings is 1. The molecule has 0 aliphatic heterocycles. The molecule has 4 heteroatoms. The van der Waals surface area contributed by atoms with Gasteiger partial charge in [0.05, 0.1) is 11.9 Å². The van der Waals surface area contributed by atoms with Crippen LogP contribution in [-0.2, 0) is 0 Å². The minimum absolute atomic E-state index is 0.142. The van der Waals surface area contributed by atoms with Gasteiger partial charge in [0.1, 0.15) is 5.82 Å². The minimum atomic E-state index is -0.355. The standard InChI is InChI=1S/C15H13FN2O/c1-11(9-18-14-3-2-8-17-10-14)15(19)12-4-6-13(16)7-5-12/h2-10,18H,1H3/b11-9+. The van der Waals surface area contributed by atoms with Gasteiger partial charge in [-0.15, -0.1) is 0 Å². The quantitative estimate of drug-likeness (QED) is 0.673. The Morgan fingerprint density at radius 2 is 2.00 bits per heavy atom. The molecule has 0 radical (unpaired) electrons. The van der Waals surface area contributed by atoms with Crippen molar-refractivity contribution < 1.29 is 9.18 Å².